The number of hydrogen-bond donors (Lipinski definition) is 0. The van der Waals surface area contributed by atoms with Crippen LogP contribution in [0.1, 0.15) is 181 Å². The summed E-state index contributed by atoms with van der Waals surface area (Å²) in [5, 5.41) is 0. The van der Waals surface area contributed by atoms with Crippen LogP contribution in [0, 0.1) is 10.8 Å². The molecule has 0 aliphatic heterocycles. The van der Waals surface area contributed by atoms with Crippen molar-refractivity contribution in [1.29, 1.82) is 0 Å². The van der Waals surface area contributed by atoms with E-state index in [1.54, 1.807) is 27.7 Å². The molecule has 0 atom stereocenters. The Morgan fingerprint density at radius 3 is 0.962 bits per heavy atom. The minimum Gasteiger partial charge on any atom is -0.465 e. The van der Waals surface area contributed by atoms with Gasteiger partial charge in [0, 0.05) is 0 Å². The maximum absolute atomic E-state index is 13.7. The van der Waals surface area contributed by atoms with E-state index in [0.717, 1.165) is 49.7 Å². The third-order valence-electron chi connectivity index (χ3n) is 10.1. The molecule has 0 aliphatic carbocycles. The highest BCUT2D eigenvalue weighted by Crippen LogP contribution is 2.37. The predicted octanol–water partition coefficient (Wildman–Crippen LogP) is 10.8. The van der Waals surface area contributed by atoms with Gasteiger partial charge in [-0.1, -0.05) is 154 Å². The lowest BCUT2D eigenvalue weighted by atomic mass is 9.75. The molecule has 0 spiro atoms. The maximum atomic E-state index is 13.7. The average molecular weight is 731 g/mol. The van der Waals surface area contributed by atoms with Gasteiger partial charge in [0.15, 0.2) is 10.8 Å². The first-order valence-electron chi connectivity index (χ1n) is 21.0. The molecular weight excluding hydrogens is 656 g/mol. The fraction of sp³-hybridized carbons (Fsp3) is 0.773. The summed E-state index contributed by atoms with van der Waals surface area (Å²) in [5.74, 6) is -2.29. The van der Waals surface area contributed by atoms with Gasteiger partial charge in [0.2, 0.25) is 0 Å². The molecular formula is C44H74O8. The van der Waals surface area contributed by atoms with Crippen molar-refractivity contribution >= 4 is 23.9 Å². The summed E-state index contributed by atoms with van der Waals surface area (Å²) in [5.41, 5.74) is -1.53. The quantitative estimate of drug-likeness (QED) is 0.0312. The number of benzene rings is 1. The van der Waals surface area contributed by atoms with E-state index < -0.39 is 34.7 Å². The van der Waals surface area contributed by atoms with Gasteiger partial charge in [0.05, 0.1) is 26.4 Å². The third kappa shape index (κ3) is 16.8. The van der Waals surface area contributed by atoms with Crippen LogP contribution in [-0.2, 0) is 51.0 Å². The van der Waals surface area contributed by atoms with Crippen molar-refractivity contribution in [2.75, 3.05) is 26.4 Å². The first-order valence-corrected chi connectivity index (χ1v) is 21.0. The van der Waals surface area contributed by atoms with Crippen molar-refractivity contribution in [1.82, 2.24) is 0 Å². The Bertz CT molecular complexity index is 1010. The Labute approximate surface area is 316 Å². The van der Waals surface area contributed by atoms with E-state index in [-0.39, 0.29) is 39.3 Å². The topological polar surface area (TPSA) is 105 Å². The summed E-state index contributed by atoms with van der Waals surface area (Å²) in [7, 11) is 0. The molecule has 1 aromatic carbocycles. The number of carbonyl (C=O) groups is 4. The van der Waals surface area contributed by atoms with Crippen LogP contribution in [0.2, 0.25) is 0 Å². The highest BCUT2D eigenvalue weighted by Gasteiger charge is 2.50. The zero-order valence-electron chi connectivity index (χ0n) is 34.0. The molecule has 1 aromatic rings. The smallest absolute Gasteiger partial charge is 0.323 e. The van der Waals surface area contributed by atoms with Gasteiger partial charge in [0.25, 0.3) is 0 Å². The van der Waals surface area contributed by atoms with Crippen LogP contribution in [-0.4, -0.2) is 50.3 Å². The minimum absolute atomic E-state index is 0.0968. The molecule has 8 heteroatoms. The number of carbonyl (C=O) groups excluding carboxylic acids is 4. The Morgan fingerprint density at radius 2 is 0.692 bits per heavy atom. The molecule has 0 radical (unpaired) electrons. The van der Waals surface area contributed by atoms with Crippen LogP contribution >= 0.6 is 0 Å². The molecule has 0 bridgehead atoms. The van der Waals surface area contributed by atoms with Gasteiger partial charge in [-0.15, -0.1) is 0 Å². The van der Waals surface area contributed by atoms with Crippen molar-refractivity contribution in [3.05, 3.63) is 35.4 Å². The largest absolute Gasteiger partial charge is 0.465 e. The zero-order chi connectivity index (χ0) is 38.5. The van der Waals surface area contributed by atoms with Crippen molar-refractivity contribution < 1.29 is 38.1 Å². The molecule has 0 N–H and O–H groups in total. The fourth-order valence-corrected chi connectivity index (χ4v) is 7.14. The van der Waals surface area contributed by atoms with Crippen molar-refractivity contribution in [3.63, 3.8) is 0 Å². The van der Waals surface area contributed by atoms with Gasteiger partial charge in [-0.05, 0) is 64.5 Å². The van der Waals surface area contributed by atoms with E-state index in [1.807, 2.05) is 24.3 Å². The molecule has 0 saturated heterocycles. The normalized spacial score (nSPS) is 11.7. The highest BCUT2D eigenvalue weighted by atomic mass is 16.6. The molecule has 0 fully saturated rings. The van der Waals surface area contributed by atoms with Gasteiger partial charge in [-0.2, -0.15) is 0 Å². The van der Waals surface area contributed by atoms with Crippen LogP contribution in [0.25, 0.3) is 0 Å². The SMILES string of the molecule is CCCCCCCCCCCC(Cc1cccc(CC(CCCCCCCCCCC)(C(=O)OCC)C(=O)OCC)c1)(C(=O)OCC)C(=O)OCC. The van der Waals surface area contributed by atoms with E-state index in [2.05, 4.69) is 13.8 Å². The summed E-state index contributed by atoms with van der Waals surface area (Å²) < 4.78 is 22.2. The van der Waals surface area contributed by atoms with E-state index in [9.17, 15) is 19.2 Å². The molecule has 8 nitrogen and oxygen atoms in total. The third-order valence-corrected chi connectivity index (χ3v) is 10.1. The Kier molecular flexibility index (Phi) is 25.9. The molecule has 298 valence electrons. The molecule has 1 rings (SSSR count). The van der Waals surface area contributed by atoms with Gasteiger partial charge in [-0.25, -0.2) is 0 Å². The first-order chi connectivity index (χ1) is 25.2. The number of ether oxygens (including phenoxy) is 4. The monoisotopic (exact) mass is 731 g/mol. The second-order valence-electron chi connectivity index (χ2n) is 14.4. The maximum Gasteiger partial charge on any atom is 0.323 e. The van der Waals surface area contributed by atoms with Crippen molar-refractivity contribution in [3.8, 4) is 0 Å². The van der Waals surface area contributed by atoms with Gasteiger partial charge in [0.1, 0.15) is 0 Å². The van der Waals surface area contributed by atoms with Gasteiger partial charge >= 0.3 is 23.9 Å². The molecule has 0 aliphatic rings. The second-order valence-corrected chi connectivity index (χ2v) is 14.4. The number of rotatable bonds is 32. The van der Waals surface area contributed by atoms with Crippen LogP contribution in [0.4, 0.5) is 0 Å². The summed E-state index contributed by atoms with van der Waals surface area (Å²) in [6, 6.07) is 7.50. The summed E-state index contributed by atoms with van der Waals surface area (Å²) in [4.78, 5) is 54.8. The number of hydrogen-bond acceptors (Lipinski definition) is 8. The Morgan fingerprint density at radius 1 is 0.423 bits per heavy atom. The predicted molar refractivity (Wildman–Crippen MR) is 209 cm³/mol. The molecule has 0 aromatic heterocycles. The average Bonchev–Trinajstić information content (AvgIpc) is 3.13. The van der Waals surface area contributed by atoms with Crippen LogP contribution in [0.3, 0.4) is 0 Å². The summed E-state index contributed by atoms with van der Waals surface area (Å²) in [6.45, 7) is 12.0. The zero-order valence-corrected chi connectivity index (χ0v) is 34.0. The van der Waals surface area contributed by atoms with Gasteiger partial charge in [-0.3, -0.25) is 19.2 Å². The molecule has 0 amide bonds. The van der Waals surface area contributed by atoms with E-state index in [1.165, 1.54) is 64.2 Å². The standard InChI is InChI=1S/C44H74O8/c1-7-13-15-17-19-21-23-25-27-32-43(39(45)49-9-3,40(46)50-10-4)35-37-30-29-31-38(34-37)36-44(41(47)51-11-5,42(48)52-12-6)33-28-26-24-22-20-18-16-14-8-2/h29-31,34H,7-28,32-33,35-36H2,1-6H3. The van der Waals surface area contributed by atoms with E-state index in [0.29, 0.717) is 25.7 Å². The van der Waals surface area contributed by atoms with Crippen molar-refractivity contribution in [2.45, 2.75) is 183 Å². The van der Waals surface area contributed by atoms with Crippen molar-refractivity contribution in [2.24, 2.45) is 10.8 Å². The lowest BCUT2D eigenvalue weighted by molar-refractivity contribution is -0.174. The molecule has 52 heavy (non-hydrogen) atoms. The van der Waals surface area contributed by atoms with Crippen LogP contribution < -0.4 is 0 Å². The lowest BCUT2D eigenvalue weighted by Crippen LogP contribution is -2.44. The summed E-state index contributed by atoms with van der Waals surface area (Å²) >= 11 is 0. The van der Waals surface area contributed by atoms with E-state index in [4.69, 9.17) is 18.9 Å². The molecule has 0 saturated carbocycles. The number of esters is 4. The van der Waals surface area contributed by atoms with Gasteiger partial charge < -0.3 is 18.9 Å². The van der Waals surface area contributed by atoms with E-state index >= 15 is 0 Å². The lowest BCUT2D eigenvalue weighted by Gasteiger charge is -2.31. The number of unbranched alkanes of at least 4 members (excludes halogenated alkanes) is 16. The molecule has 0 heterocycles. The second kappa shape index (κ2) is 28.6. The Balaban J connectivity index is 3.31. The summed E-state index contributed by atoms with van der Waals surface area (Å²) in [6.07, 6.45) is 20.8. The van der Waals surface area contributed by atoms with Crippen LogP contribution in [0.5, 0.6) is 0 Å². The fourth-order valence-electron chi connectivity index (χ4n) is 7.14. The Hall–Kier alpha value is -2.90. The van der Waals surface area contributed by atoms with Crippen LogP contribution in [0.15, 0.2) is 24.3 Å². The first kappa shape index (κ1) is 47.1. The highest BCUT2D eigenvalue weighted by molar-refractivity contribution is 6.01. The minimum atomic E-state index is -1.50. The molecule has 0 unspecified atom stereocenters.